The SMILES string of the molecule is CC1CCN(C(=O)[C@@H]2CCCN(c3cccc4c3C(=O)N([C@H](C)c3nccs3)C4=O)C2)CC1. The van der Waals surface area contributed by atoms with Crippen molar-refractivity contribution in [2.75, 3.05) is 31.1 Å². The molecule has 0 aliphatic carbocycles. The lowest BCUT2D eigenvalue weighted by Crippen LogP contribution is -2.47. The molecular weight excluding hydrogens is 436 g/mol. The number of likely N-dealkylation sites (tertiary alicyclic amines) is 1. The van der Waals surface area contributed by atoms with E-state index < -0.39 is 6.04 Å². The van der Waals surface area contributed by atoms with Gasteiger partial charge in [0, 0.05) is 37.8 Å². The maximum Gasteiger partial charge on any atom is 0.264 e. The monoisotopic (exact) mass is 466 g/mol. The Morgan fingerprint density at radius 1 is 1.12 bits per heavy atom. The van der Waals surface area contributed by atoms with Gasteiger partial charge in [0.15, 0.2) is 0 Å². The fourth-order valence-corrected chi connectivity index (χ4v) is 6.02. The Kier molecular flexibility index (Phi) is 5.95. The van der Waals surface area contributed by atoms with Gasteiger partial charge in [0.25, 0.3) is 11.8 Å². The summed E-state index contributed by atoms with van der Waals surface area (Å²) in [6.45, 7) is 7.14. The first-order valence-electron chi connectivity index (χ1n) is 11.9. The van der Waals surface area contributed by atoms with Crippen LogP contribution >= 0.6 is 11.3 Å². The van der Waals surface area contributed by atoms with Crippen molar-refractivity contribution < 1.29 is 14.4 Å². The van der Waals surface area contributed by atoms with Crippen LogP contribution in [0.2, 0.25) is 0 Å². The number of amides is 3. The highest BCUT2D eigenvalue weighted by molar-refractivity contribution is 7.09. The molecule has 1 aromatic heterocycles. The summed E-state index contributed by atoms with van der Waals surface area (Å²) < 4.78 is 0. The van der Waals surface area contributed by atoms with Gasteiger partial charge < -0.3 is 9.80 Å². The van der Waals surface area contributed by atoms with Crippen LogP contribution in [0.1, 0.15) is 71.3 Å². The van der Waals surface area contributed by atoms with Gasteiger partial charge in [-0.2, -0.15) is 0 Å². The number of hydrogen-bond donors (Lipinski definition) is 0. The summed E-state index contributed by atoms with van der Waals surface area (Å²) in [5.74, 6) is 0.307. The summed E-state index contributed by atoms with van der Waals surface area (Å²) in [5.41, 5.74) is 1.68. The summed E-state index contributed by atoms with van der Waals surface area (Å²) in [6.07, 6.45) is 5.59. The lowest BCUT2D eigenvalue weighted by molar-refractivity contribution is -0.137. The Balaban J connectivity index is 1.38. The molecule has 3 amide bonds. The number of anilines is 1. The molecule has 174 valence electrons. The van der Waals surface area contributed by atoms with E-state index in [0.29, 0.717) is 23.6 Å². The molecule has 0 N–H and O–H groups in total. The largest absolute Gasteiger partial charge is 0.370 e. The number of imide groups is 1. The van der Waals surface area contributed by atoms with Crippen LogP contribution in [0.4, 0.5) is 5.69 Å². The van der Waals surface area contributed by atoms with E-state index in [-0.39, 0.29) is 23.6 Å². The van der Waals surface area contributed by atoms with Gasteiger partial charge in [-0.3, -0.25) is 19.3 Å². The molecule has 2 aromatic rings. The fraction of sp³-hybridized carbons (Fsp3) is 0.520. The number of piperidine rings is 2. The Labute approximate surface area is 198 Å². The van der Waals surface area contributed by atoms with E-state index in [1.165, 1.54) is 16.2 Å². The van der Waals surface area contributed by atoms with Crippen molar-refractivity contribution in [2.24, 2.45) is 11.8 Å². The van der Waals surface area contributed by atoms with Crippen LogP contribution in [0, 0.1) is 11.8 Å². The molecule has 0 unspecified atom stereocenters. The summed E-state index contributed by atoms with van der Waals surface area (Å²) in [7, 11) is 0. The first kappa shape index (κ1) is 22.1. The van der Waals surface area contributed by atoms with Crippen molar-refractivity contribution in [3.63, 3.8) is 0 Å². The van der Waals surface area contributed by atoms with E-state index in [2.05, 4.69) is 16.8 Å². The average Bonchev–Trinajstić information content (AvgIpc) is 3.46. The smallest absolute Gasteiger partial charge is 0.264 e. The molecule has 4 heterocycles. The lowest BCUT2D eigenvalue weighted by atomic mass is 9.92. The summed E-state index contributed by atoms with van der Waals surface area (Å²) in [4.78, 5) is 49.7. The molecule has 3 aliphatic rings. The predicted molar refractivity (Wildman–Crippen MR) is 127 cm³/mol. The Morgan fingerprint density at radius 3 is 2.64 bits per heavy atom. The number of fused-ring (bicyclic) bond motifs is 1. The van der Waals surface area contributed by atoms with Crippen LogP contribution in [0.3, 0.4) is 0 Å². The van der Waals surface area contributed by atoms with Crippen molar-refractivity contribution in [1.82, 2.24) is 14.8 Å². The number of hydrogen-bond acceptors (Lipinski definition) is 6. The molecule has 2 fully saturated rings. The fourth-order valence-electron chi connectivity index (χ4n) is 5.34. The number of carbonyl (C=O) groups excluding carboxylic acids is 3. The molecule has 33 heavy (non-hydrogen) atoms. The van der Waals surface area contributed by atoms with Gasteiger partial charge in [-0.25, -0.2) is 4.98 Å². The van der Waals surface area contributed by atoms with E-state index >= 15 is 0 Å². The molecular formula is C25H30N4O3S. The van der Waals surface area contributed by atoms with E-state index in [0.717, 1.165) is 56.0 Å². The average molecular weight is 467 g/mol. The van der Waals surface area contributed by atoms with E-state index in [1.54, 1.807) is 12.3 Å². The van der Waals surface area contributed by atoms with Crippen LogP contribution in [0.5, 0.6) is 0 Å². The van der Waals surface area contributed by atoms with Gasteiger partial charge in [-0.05, 0) is 50.7 Å². The number of benzene rings is 1. The van der Waals surface area contributed by atoms with Crippen molar-refractivity contribution in [3.05, 3.63) is 45.9 Å². The van der Waals surface area contributed by atoms with Crippen LogP contribution in [-0.2, 0) is 4.79 Å². The quantitative estimate of drug-likeness (QED) is 0.638. The molecule has 1 aromatic carbocycles. The zero-order valence-electron chi connectivity index (χ0n) is 19.2. The molecule has 0 bridgehead atoms. The third kappa shape index (κ3) is 3.94. The van der Waals surface area contributed by atoms with E-state index in [9.17, 15) is 14.4 Å². The second-order valence-electron chi connectivity index (χ2n) is 9.52. The number of carbonyl (C=O) groups is 3. The summed E-state index contributed by atoms with van der Waals surface area (Å²) in [6, 6.07) is 5.07. The number of thiazole rings is 1. The van der Waals surface area contributed by atoms with Gasteiger partial charge in [-0.15, -0.1) is 11.3 Å². The minimum absolute atomic E-state index is 0.0689. The zero-order valence-corrected chi connectivity index (χ0v) is 20.0. The normalized spacial score (nSPS) is 22.6. The Morgan fingerprint density at radius 2 is 1.91 bits per heavy atom. The Bertz CT molecular complexity index is 1060. The third-order valence-corrected chi connectivity index (χ3v) is 8.27. The zero-order chi connectivity index (χ0) is 23.1. The predicted octanol–water partition coefficient (Wildman–Crippen LogP) is 3.98. The number of nitrogens with zero attached hydrogens (tertiary/aromatic N) is 4. The second kappa shape index (κ2) is 8.89. The van der Waals surface area contributed by atoms with Crippen LogP contribution < -0.4 is 4.90 Å². The molecule has 8 heteroatoms. The van der Waals surface area contributed by atoms with Crippen molar-refractivity contribution in [2.45, 2.75) is 45.6 Å². The molecule has 2 saturated heterocycles. The van der Waals surface area contributed by atoms with Gasteiger partial charge in [-0.1, -0.05) is 13.0 Å². The van der Waals surface area contributed by atoms with Crippen LogP contribution in [-0.4, -0.2) is 58.7 Å². The number of aromatic nitrogens is 1. The highest BCUT2D eigenvalue weighted by atomic mass is 32.1. The van der Waals surface area contributed by atoms with Gasteiger partial charge in [0.2, 0.25) is 5.91 Å². The highest BCUT2D eigenvalue weighted by Gasteiger charge is 2.42. The van der Waals surface area contributed by atoms with Gasteiger partial charge >= 0.3 is 0 Å². The van der Waals surface area contributed by atoms with Crippen LogP contribution in [0.25, 0.3) is 0 Å². The molecule has 0 saturated carbocycles. The minimum atomic E-state index is -0.414. The molecule has 0 spiro atoms. The first-order chi connectivity index (χ1) is 16.0. The van der Waals surface area contributed by atoms with Crippen molar-refractivity contribution >= 4 is 34.7 Å². The first-order valence-corrected chi connectivity index (χ1v) is 12.8. The van der Waals surface area contributed by atoms with Gasteiger partial charge in [0.05, 0.1) is 28.8 Å². The summed E-state index contributed by atoms with van der Waals surface area (Å²) >= 11 is 1.44. The maximum atomic E-state index is 13.5. The Hall–Kier alpha value is -2.74. The summed E-state index contributed by atoms with van der Waals surface area (Å²) in [5, 5.41) is 2.59. The lowest BCUT2D eigenvalue weighted by Gasteiger charge is -2.38. The highest BCUT2D eigenvalue weighted by Crippen LogP contribution is 2.38. The second-order valence-corrected chi connectivity index (χ2v) is 10.4. The molecule has 3 aliphatic heterocycles. The molecule has 5 rings (SSSR count). The topological polar surface area (TPSA) is 73.8 Å². The molecule has 2 atom stereocenters. The minimum Gasteiger partial charge on any atom is -0.370 e. The molecule has 0 radical (unpaired) electrons. The van der Waals surface area contributed by atoms with Crippen molar-refractivity contribution in [3.8, 4) is 0 Å². The van der Waals surface area contributed by atoms with Crippen LogP contribution in [0.15, 0.2) is 29.8 Å². The van der Waals surface area contributed by atoms with Crippen molar-refractivity contribution in [1.29, 1.82) is 0 Å². The van der Waals surface area contributed by atoms with E-state index in [1.807, 2.05) is 29.3 Å². The van der Waals surface area contributed by atoms with E-state index in [4.69, 9.17) is 0 Å². The third-order valence-electron chi connectivity index (χ3n) is 7.33. The standard InChI is InChI=1S/C25H30N4O3S/c1-16-8-12-27(13-9-16)23(30)18-5-4-11-28(15-18)20-7-3-6-19-21(20)25(32)29(24(19)31)17(2)22-26-10-14-33-22/h3,6-7,10,14,16-18H,4-5,8-9,11-13,15H2,1-2H3/t17-,18-/m1/s1. The maximum absolute atomic E-state index is 13.5. The van der Waals surface area contributed by atoms with Gasteiger partial charge in [0.1, 0.15) is 5.01 Å². The number of rotatable bonds is 4. The molecule has 7 nitrogen and oxygen atoms in total.